The number of alkyl halides is 1. The van der Waals surface area contributed by atoms with Crippen LogP contribution >= 0.6 is 0 Å². The Kier molecular flexibility index (Phi) is 3.27. The Bertz CT molecular complexity index is 870. The maximum atomic E-state index is 12.9. The van der Waals surface area contributed by atoms with Crippen molar-refractivity contribution in [2.45, 2.75) is 61.7 Å². The average Bonchev–Trinajstić information content (AvgIpc) is 3.39. The van der Waals surface area contributed by atoms with Crippen LogP contribution in [0.25, 0.3) is 0 Å². The predicted molar refractivity (Wildman–Crippen MR) is 94.1 cm³/mol. The van der Waals surface area contributed by atoms with Gasteiger partial charge in [0.15, 0.2) is 0 Å². The summed E-state index contributed by atoms with van der Waals surface area (Å²) >= 11 is -0.0992. The van der Waals surface area contributed by atoms with Gasteiger partial charge in [-0.05, 0) is 0 Å². The molecule has 0 radical (unpaired) electrons. The molecule has 1 aromatic carbocycles. The SMILES string of the molecule is C[I-][N+]1(CC2CC2)CCC23c4c5ccc(O)c4O[C@H]2C(=O)CC[C@@]3(O)[C@H]1C5. The first-order chi connectivity index (χ1) is 13.0. The zero-order chi connectivity index (χ0) is 18.6. The fourth-order valence-corrected chi connectivity index (χ4v) is 9.79. The third-order valence-electron chi connectivity index (χ3n) is 8.17. The summed E-state index contributed by atoms with van der Waals surface area (Å²) in [6.45, 7) is 2.24. The van der Waals surface area contributed by atoms with Crippen LogP contribution in [0.1, 0.15) is 43.2 Å². The zero-order valence-electron chi connectivity index (χ0n) is 15.6. The van der Waals surface area contributed by atoms with Gasteiger partial charge in [0.1, 0.15) is 0 Å². The molecule has 146 valence electrons. The van der Waals surface area contributed by atoms with E-state index >= 15 is 0 Å². The molecule has 1 aromatic rings. The molecule has 3 aliphatic carbocycles. The fraction of sp³-hybridized carbons (Fsp3) is 0.667. The number of ketones is 1. The van der Waals surface area contributed by atoms with Gasteiger partial charge in [-0.2, -0.15) is 0 Å². The molecule has 0 aromatic heterocycles. The summed E-state index contributed by atoms with van der Waals surface area (Å²) in [7, 11) is 0. The number of nitrogens with zero attached hydrogens (tertiary/aromatic N) is 1. The van der Waals surface area contributed by atoms with Gasteiger partial charge in [0.2, 0.25) is 0 Å². The number of ether oxygens (including phenoxy) is 1. The number of carbonyl (C=O) groups excluding carboxylic acids is 1. The maximum absolute atomic E-state index is 12.9. The van der Waals surface area contributed by atoms with Crippen molar-refractivity contribution in [1.82, 2.24) is 0 Å². The monoisotopic (exact) mass is 483 g/mol. The summed E-state index contributed by atoms with van der Waals surface area (Å²) in [5.74, 6) is 1.49. The van der Waals surface area contributed by atoms with Crippen LogP contribution in [0.4, 0.5) is 0 Å². The predicted octanol–water partition coefficient (Wildman–Crippen LogP) is -1.33. The Morgan fingerprint density at radius 2 is 2.15 bits per heavy atom. The molecular formula is C21H26INO4. The third kappa shape index (κ3) is 1.86. The number of carbonyl (C=O) groups is 1. The van der Waals surface area contributed by atoms with E-state index in [1.165, 1.54) is 24.9 Å². The molecule has 27 heavy (non-hydrogen) atoms. The molecule has 6 rings (SSSR count). The first-order valence-corrected chi connectivity index (χ1v) is 13.2. The van der Waals surface area contributed by atoms with Gasteiger partial charge in [0, 0.05) is 0 Å². The zero-order valence-corrected chi connectivity index (χ0v) is 17.7. The Morgan fingerprint density at radius 3 is 2.89 bits per heavy atom. The number of aromatic hydroxyl groups is 1. The van der Waals surface area contributed by atoms with E-state index in [-0.39, 0.29) is 39.1 Å². The molecule has 0 amide bonds. The molecule has 1 saturated heterocycles. The average molecular weight is 483 g/mol. The molecule has 6 heteroatoms. The summed E-state index contributed by atoms with van der Waals surface area (Å²) in [6.07, 6.45) is 4.59. The molecule has 3 fully saturated rings. The number of phenolic OH excluding ortho intramolecular Hbond substituents is 1. The normalized spacial score (nSPS) is 44.1. The van der Waals surface area contributed by atoms with Gasteiger partial charge >= 0.3 is 170 Å². The topological polar surface area (TPSA) is 66.8 Å². The summed E-state index contributed by atoms with van der Waals surface area (Å²) in [5.41, 5.74) is 0.585. The van der Waals surface area contributed by atoms with Gasteiger partial charge < -0.3 is 0 Å². The van der Waals surface area contributed by atoms with Crippen LogP contribution < -0.4 is 26.2 Å². The number of Topliss-reactive ketones (excluding diaryl/α,β-unsaturated/α-hetero) is 1. The fourth-order valence-electron chi connectivity index (χ4n) is 6.79. The first-order valence-electron chi connectivity index (χ1n) is 10.1. The number of benzene rings is 1. The van der Waals surface area contributed by atoms with Crippen LogP contribution in [0.3, 0.4) is 0 Å². The first kappa shape index (κ1) is 17.0. The van der Waals surface area contributed by atoms with E-state index in [2.05, 4.69) is 4.93 Å². The number of hydrogen-bond acceptors (Lipinski definition) is 4. The van der Waals surface area contributed by atoms with E-state index < -0.39 is 17.1 Å². The van der Waals surface area contributed by atoms with Crippen LogP contribution in [0.5, 0.6) is 11.5 Å². The minimum atomic E-state index is -0.902. The molecule has 2 N–H and O–H groups in total. The van der Waals surface area contributed by atoms with Gasteiger partial charge in [0.05, 0.1) is 0 Å². The van der Waals surface area contributed by atoms with E-state index in [0.29, 0.717) is 18.6 Å². The summed E-state index contributed by atoms with van der Waals surface area (Å²) in [6, 6.07) is 3.88. The number of aliphatic hydroxyl groups is 1. The van der Waals surface area contributed by atoms with E-state index in [1.807, 2.05) is 6.07 Å². The molecule has 5 nitrogen and oxygen atoms in total. The summed E-state index contributed by atoms with van der Waals surface area (Å²) in [4.78, 5) is 15.2. The van der Waals surface area contributed by atoms with Crippen molar-refractivity contribution in [3.8, 4) is 11.5 Å². The summed E-state index contributed by atoms with van der Waals surface area (Å²) < 4.78 is 7.21. The Balaban J connectivity index is 1.60. The third-order valence-corrected chi connectivity index (χ3v) is 11.6. The Hall–Kier alpha value is -0.860. The number of rotatable bonds is 3. The van der Waals surface area contributed by atoms with Crippen molar-refractivity contribution in [3.05, 3.63) is 23.3 Å². The van der Waals surface area contributed by atoms with E-state index in [4.69, 9.17) is 4.74 Å². The minimum absolute atomic E-state index is 0.0928. The van der Waals surface area contributed by atoms with Crippen molar-refractivity contribution >= 4 is 5.78 Å². The van der Waals surface area contributed by atoms with Crippen LogP contribution in [0, 0.1) is 5.92 Å². The van der Waals surface area contributed by atoms with Gasteiger partial charge in [-0.25, -0.2) is 0 Å². The quantitative estimate of drug-likeness (QED) is 0.318. The number of hydrogen-bond donors (Lipinski definition) is 2. The van der Waals surface area contributed by atoms with Crippen LogP contribution in [-0.2, 0) is 16.6 Å². The molecule has 5 aliphatic rings. The molecule has 2 bridgehead atoms. The second-order valence-electron chi connectivity index (χ2n) is 9.22. The molecule has 2 saturated carbocycles. The van der Waals surface area contributed by atoms with Crippen molar-refractivity contribution in [3.63, 3.8) is 0 Å². The second kappa shape index (κ2) is 5.19. The van der Waals surface area contributed by atoms with Crippen molar-refractivity contribution < 1.29 is 43.9 Å². The van der Waals surface area contributed by atoms with E-state index in [9.17, 15) is 15.0 Å². The van der Waals surface area contributed by atoms with Crippen LogP contribution in [-0.4, -0.2) is 54.5 Å². The molecule has 5 atom stereocenters. The van der Waals surface area contributed by atoms with Crippen molar-refractivity contribution in [2.75, 3.05) is 18.0 Å². The number of piperidine rings is 1. The van der Waals surface area contributed by atoms with Gasteiger partial charge in [-0.3, -0.25) is 0 Å². The Morgan fingerprint density at radius 1 is 1.33 bits per heavy atom. The number of phenols is 1. The second-order valence-corrected chi connectivity index (χ2v) is 12.1. The molecule has 2 unspecified atom stereocenters. The van der Waals surface area contributed by atoms with Gasteiger partial charge in [-0.1, -0.05) is 0 Å². The van der Waals surface area contributed by atoms with Crippen molar-refractivity contribution in [1.29, 1.82) is 0 Å². The van der Waals surface area contributed by atoms with Crippen molar-refractivity contribution in [2.24, 2.45) is 5.92 Å². The number of likely N-dealkylation sites (tertiary alicyclic amines) is 1. The van der Waals surface area contributed by atoms with Crippen LogP contribution in [0.2, 0.25) is 0 Å². The molecular weight excluding hydrogens is 457 g/mol. The van der Waals surface area contributed by atoms with E-state index in [1.54, 1.807) is 6.07 Å². The summed E-state index contributed by atoms with van der Waals surface area (Å²) in [5, 5.41) is 22.7. The molecule has 2 aliphatic heterocycles. The standard InChI is InChI=1S/C21H26INO4/c1-22-23(11-12-2-3-12)9-8-20-17-13-4-5-14(24)18(17)27-19(20)15(25)6-7-21(20,26)16(23)10-13/h4-5,12,16,19,24,26H,2-3,6-11H2,1H3/t16-,19+,20?,21-,23?/m1/s1. The van der Waals surface area contributed by atoms with Gasteiger partial charge in [0.25, 0.3) is 0 Å². The Labute approximate surface area is 169 Å². The number of halogens is 1. The van der Waals surface area contributed by atoms with E-state index in [0.717, 1.165) is 33.6 Å². The molecule has 2 heterocycles. The van der Waals surface area contributed by atoms with Gasteiger partial charge in [-0.15, -0.1) is 0 Å². The van der Waals surface area contributed by atoms with Crippen LogP contribution in [0.15, 0.2) is 12.1 Å². The number of quaternary nitrogens is 1. The molecule has 1 spiro atoms.